The van der Waals surface area contributed by atoms with E-state index < -0.39 is 13.8 Å². The molecule has 0 saturated carbocycles. The van der Waals surface area contributed by atoms with E-state index in [4.69, 9.17) is 19.6 Å². The van der Waals surface area contributed by atoms with E-state index in [-0.39, 0.29) is 12.3 Å². The van der Waals surface area contributed by atoms with Gasteiger partial charge in [-0.3, -0.25) is 4.84 Å². The van der Waals surface area contributed by atoms with Crippen molar-refractivity contribution in [3.05, 3.63) is 0 Å². The first-order valence-corrected chi connectivity index (χ1v) is 10.6. The van der Waals surface area contributed by atoms with Crippen LogP contribution in [0, 0.1) is 11.3 Å². The SMILES string of the molecule is CCOC(=O)/C(C#N)=N/OC(N1CCOCC1)=[N+]1CCCC1.F[P-](F)(F)(F)(F)F. The summed E-state index contributed by atoms with van der Waals surface area (Å²) in [6, 6.07) is 2.29. The number of nitriles is 1. The zero-order valence-corrected chi connectivity index (χ0v) is 16.4. The van der Waals surface area contributed by atoms with Crippen LogP contribution in [-0.4, -0.2) is 73.2 Å². The molecule has 0 radical (unpaired) electrons. The summed E-state index contributed by atoms with van der Waals surface area (Å²) >= 11 is 0. The molecule has 0 aliphatic carbocycles. The number of rotatable bonds is 3. The Morgan fingerprint density at radius 3 is 2.14 bits per heavy atom. The predicted octanol–water partition coefficient (Wildman–Crippen LogP) is 3.32. The molecule has 0 N–H and O–H groups in total. The Hall–Kier alpha value is -2.13. The molecule has 15 heteroatoms. The van der Waals surface area contributed by atoms with E-state index in [1.54, 1.807) is 13.0 Å². The van der Waals surface area contributed by atoms with Crippen molar-refractivity contribution in [2.24, 2.45) is 5.16 Å². The summed E-state index contributed by atoms with van der Waals surface area (Å²) in [5, 5.41) is 12.7. The second-order valence-electron chi connectivity index (χ2n) is 5.90. The molecule has 0 unspecified atom stereocenters. The molecule has 0 aromatic rings. The average Bonchev–Trinajstić information content (AvgIpc) is 3.11. The van der Waals surface area contributed by atoms with Crippen molar-refractivity contribution in [1.29, 1.82) is 5.26 Å². The van der Waals surface area contributed by atoms with E-state index in [2.05, 4.69) is 9.73 Å². The molecule has 0 bridgehead atoms. The minimum atomic E-state index is -10.7. The van der Waals surface area contributed by atoms with Crippen LogP contribution < -0.4 is 0 Å². The van der Waals surface area contributed by atoms with Gasteiger partial charge in [0.05, 0.1) is 32.9 Å². The molecule has 29 heavy (non-hydrogen) atoms. The molecular weight excluding hydrogens is 433 g/mol. The van der Waals surface area contributed by atoms with Gasteiger partial charge in [0.1, 0.15) is 19.2 Å². The van der Waals surface area contributed by atoms with E-state index in [1.807, 2.05) is 4.90 Å². The van der Waals surface area contributed by atoms with Gasteiger partial charge in [-0.1, -0.05) is 5.16 Å². The first kappa shape index (κ1) is 24.9. The van der Waals surface area contributed by atoms with Gasteiger partial charge in [0, 0.05) is 0 Å². The normalized spacial score (nSPS) is 19.9. The summed E-state index contributed by atoms with van der Waals surface area (Å²) in [5.74, 6) is -0.771. The van der Waals surface area contributed by atoms with Gasteiger partial charge < -0.3 is 9.47 Å². The van der Waals surface area contributed by atoms with Crippen LogP contribution in [0.4, 0.5) is 25.2 Å². The topological polar surface area (TPSA) is 87.2 Å². The number of morpholine rings is 1. The van der Waals surface area contributed by atoms with Crippen molar-refractivity contribution in [1.82, 2.24) is 4.90 Å². The Labute approximate surface area is 162 Å². The molecule has 0 atom stereocenters. The molecule has 168 valence electrons. The van der Waals surface area contributed by atoms with Crippen molar-refractivity contribution >= 4 is 25.5 Å². The third-order valence-corrected chi connectivity index (χ3v) is 3.45. The number of esters is 1. The van der Waals surface area contributed by atoms with Crippen LogP contribution >= 0.6 is 7.81 Å². The predicted molar refractivity (Wildman–Crippen MR) is 91.0 cm³/mol. The molecule has 8 nitrogen and oxygen atoms in total. The molecule has 2 saturated heterocycles. The number of amidine groups is 1. The Kier molecular flexibility index (Phi) is 7.84. The van der Waals surface area contributed by atoms with Gasteiger partial charge in [-0.15, -0.1) is 0 Å². The fourth-order valence-electron chi connectivity index (χ4n) is 2.37. The Morgan fingerprint density at radius 2 is 1.69 bits per heavy atom. The van der Waals surface area contributed by atoms with Crippen molar-refractivity contribution in [3.63, 3.8) is 0 Å². The van der Waals surface area contributed by atoms with Crippen molar-refractivity contribution in [3.8, 4) is 6.07 Å². The Balaban J connectivity index is 0.000000516. The van der Waals surface area contributed by atoms with Gasteiger partial charge in [0.15, 0.2) is 0 Å². The summed E-state index contributed by atoms with van der Waals surface area (Å²) in [7, 11) is -10.7. The second-order valence-corrected chi connectivity index (χ2v) is 7.81. The number of carbonyl (C=O) groups excluding carboxylic acids is 1. The van der Waals surface area contributed by atoms with Gasteiger partial charge in [-0.2, -0.15) is 5.26 Å². The Bertz CT molecular complexity index is 680. The van der Waals surface area contributed by atoms with Gasteiger partial charge in [-0.25, -0.2) is 14.3 Å². The third kappa shape index (κ3) is 12.1. The van der Waals surface area contributed by atoms with Gasteiger partial charge >= 0.3 is 45.0 Å². The molecule has 0 aromatic carbocycles. The fraction of sp³-hybridized carbons (Fsp3) is 0.714. The van der Waals surface area contributed by atoms with Crippen LogP contribution in [-0.2, 0) is 19.1 Å². The van der Waals surface area contributed by atoms with E-state index >= 15 is 0 Å². The fourth-order valence-corrected chi connectivity index (χ4v) is 2.37. The van der Waals surface area contributed by atoms with Crippen molar-refractivity contribution in [2.45, 2.75) is 19.8 Å². The zero-order chi connectivity index (χ0) is 22.2. The standard InChI is InChI=1S/C14H21N4O4.F6P/c1-2-21-13(19)12(11-15)16-22-14(17-5-3-4-6-17)18-7-9-20-10-8-18;1-7(2,3,4,5)6/h2-10H2,1H3;/q+1;-1/b16-12+;. The first-order chi connectivity index (χ1) is 13.2. The van der Waals surface area contributed by atoms with Crippen LogP contribution in [0.15, 0.2) is 5.16 Å². The quantitative estimate of drug-likeness (QED) is 0.124. The maximum atomic E-state index is 11.6. The monoisotopic (exact) mass is 454 g/mol. The van der Waals surface area contributed by atoms with Gasteiger partial charge in [-0.05, 0) is 19.8 Å². The van der Waals surface area contributed by atoms with Crippen molar-refractivity contribution < 1.29 is 48.9 Å². The molecule has 0 aromatic heterocycles. The summed E-state index contributed by atoms with van der Waals surface area (Å²) in [6.45, 7) is 6.24. The van der Waals surface area contributed by atoms with Crippen LogP contribution in [0.3, 0.4) is 0 Å². The molecular formula is C14H21F6N4O4P. The third-order valence-electron chi connectivity index (χ3n) is 3.45. The number of hydrogen-bond acceptors (Lipinski definition) is 6. The Morgan fingerprint density at radius 1 is 1.17 bits per heavy atom. The molecule has 0 spiro atoms. The zero-order valence-electron chi connectivity index (χ0n) is 15.5. The molecule has 2 aliphatic heterocycles. The van der Waals surface area contributed by atoms with Gasteiger partial charge in [0.25, 0.3) is 5.71 Å². The van der Waals surface area contributed by atoms with Crippen molar-refractivity contribution in [2.75, 3.05) is 46.0 Å². The number of nitrogens with zero attached hydrogens (tertiary/aromatic N) is 4. The summed E-state index contributed by atoms with van der Waals surface area (Å²) in [5.41, 5.74) is -0.383. The second kappa shape index (κ2) is 9.13. The maximum absolute atomic E-state index is 11.6. The van der Waals surface area contributed by atoms with E-state index in [0.717, 1.165) is 25.9 Å². The summed E-state index contributed by atoms with van der Waals surface area (Å²) in [6.07, 6.45) is 2.17. The van der Waals surface area contributed by atoms with Gasteiger partial charge in [0.2, 0.25) is 0 Å². The molecule has 2 fully saturated rings. The van der Waals surface area contributed by atoms with E-state index in [1.165, 1.54) is 0 Å². The number of hydrogen-bond donors (Lipinski definition) is 0. The van der Waals surface area contributed by atoms with Crippen LogP contribution in [0.5, 0.6) is 0 Å². The molecule has 2 heterocycles. The number of halogens is 6. The average molecular weight is 454 g/mol. The summed E-state index contributed by atoms with van der Waals surface area (Å²) < 4.78 is 71.4. The number of oxime groups is 1. The van der Waals surface area contributed by atoms with E-state index in [0.29, 0.717) is 32.3 Å². The molecule has 0 amide bonds. The number of carbonyl (C=O) groups is 1. The number of ether oxygens (including phenoxy) is 2. The minimum absolute atomic E-state index is 0.186. The van der Waals surface area contributed by atoms with E-state index in [9.17, 15) is 30.0 Å². The van der Waals surface area contributed by atoms with Crippen LogP contribution in [0.1, 0.15) is 19.8 Å². The van der Waals surface area contributed by atoms with Crippen LogP contribution in [0.25, 0.3) is 0 Å². The van der Waals surface area contributed by atoms with Crippen LogP contribution in [0.2, 0.25) is 0 Å². The molecule has 2 rings (SSSR count). The molecule has 2 aliphatic rings. The summed E-state index contributed by atoms with van der Waals surface area (Å²) in [4.78, 5) is 19.1. The first-order valence-electron chi connectivity index (χ1n) is 8.54.